The highest BCUT2D eigenvalue weighted by Gasteiger charge is 2.16. The van der Waals surface area contributed by atoms with Gasteiger partial charge in [0.2, 0.25) is 0 Å². The molecule has 1 aliphatic rings. The van der Waals surface area contributed by atoms with Gasteiger partial charge in [0.1, 0.15) is 12.4 Å². The van der Waals surface area contributed by atoms with Crippen LogP contribution >= 0.6 is 24.0 Å². The van der Waals surface area contributed by atoms with E-state index >= 15 is 0 Å². The number of rotatable bonds is 7. The molecule has 1 aliphatic heterocycles. The van der Waals surface area contributed by atoms with E-state index in [2.05, 4.69) is 51.2 Å². The minimum Gasteiger partial charge on any atom is -0.357 e. The number of hydrogen-bond donors (Lipinski definition) is 2. The molecule has 1 aromatic heterocycles. The van der Waals surface area contributed by atoms with Crippen molar-refractivity contribution in [1.29, 1.82) is 0 Å². The lowest BCUT2D eigenvalue weighted by atomic mass is 10.0. The van der Waals surface area contributed by atoms with Gasteiger partial charge in [-0.3, -0.25) is 0 Å². The van der Waals surface area contributed by atoms with E-state index < -0.39 is 0 Å². The number of hydrogen-bond acceptors (Lipinski definition) is 3. The fourth-order valence-corrected chi connectivity index (χ4v) is 2.64. The Labute approximate surface area is 150 Å². The molecule has 0 radical (unpaired) electrons. The second-order valence-electron chi connectivity index (χ2n) is 5.55. The van der Waals surface area contributed by atoms with Crippen molar-refractivity contribution in [3.05, 3.63) is 11.6 Å². The van der Waals surface area contributed by atoms with E-state index in [1.807, 2.05) is 0 Å². The van der Waals surface area contributed by atoms with Gasteiger partial charge in [-0.1, -0.05) is 26.7 Å². The van der Waals surface area contributed by atoms with Crippen LogP contribution in [0.3, 0.4) is 0 Å². The zero-order valence-electron chi connectivity index (χ0n) is 13.9. The maximum Gasteiger partial charge on any atom is 0.191 e. The molecule has 1 aromatic rings. The van der Waals surface area contributed by atoms with E-state index in [1.54, 1.807) is 0 Å². The van der Waals surface area contributed by atoms with Crippen molar-refractivity contribution in [3.63, 3.8) is 0 Å². The molecule has 2 heterocycles. The quantitative estimate of drug-likeness (QED) is 0.404. The highest BCUT2D eigenvalue weighted by atomic mass is 127. The molecule has 0 spiro atoms. The number of aliphatic imine (C=N–C) groups is 1. The number of nitrogens with one attached hydrogen (secondary N) is 2. The predicted molar refractivity (Wildman–Crippen MR) is 101 cm³/mol. The van der Waals surface area contributed by atoms with Crippen LogP contribution in [0.5, 0.6) is 0 Å². The predicted octanol–water partition coefficient (Wildman–Crippen LogP) is 2.33. The van der Waals surface area contributed by atoms with Gasteiger partial charge in [-0.15, -0.1) is 34.2 Å². The molecule has 0 saturated heterocycles. The first-order chi connectivity index (χ1) is 10.3. The van der Waals surface area contributed by atoms with Gasteiger partial charge in [-0.2, -0.15) is 0 Å². The second kappa shape index (κ2) is 10.0. The molecular weight excluding hydrogens is 391 g/mol. The third-order valence-corrected chi connectivity index (χ3v) is 4.12. The van der Waals surface area contributed by atoms with Gasteiger partial charge in [0, 0.05) is 26.1 Å². The third kappa shape index (κ3) is 5.10. The summed E-state index contributed by atoms with van der Waals surface area (Å²) in [6.45, 7) is 10.0. The first kappa shape index (κ1) is 19.2. The number of aromatic nitrogens is 3. The minimum absolute atomic E-state index is 0. The largest absolute Gasteiger partial charge is 0.357 e. The maximum atomic E-state index is 4.65. The van der Waals surface area contributed by atoms with Gasteiger partial charge in [0.15, 0.2) is 11.8 Å². The minimum atomic E-state index is 0. The molecule has 0 bridgehead atoms. The summed E-state index contributed by atoms with van der Waals surface area (Å²) in [5, 5.41) is 15.2. The Kier molecular flexibility index (Phi) is 8.74. The Bertz CT molecular complexity index is 467. The summed E-state index contributed by atoms with van der Waals surface area (Å²) in [4.78, 5) is 4.65. The Morgan fingerprint density at radius 3 is 2.68 bits per heavy atom. The van der Waals surface area contributed by atoms with Crippen LogP contribution in [-0.2, 0) is 19.5 Å². The fraction of sp³-hybridized carbons (Fsp3) is 0.800. The lowest BCUT2D eigenvalue weighted by Gasteiger charge is -2.16. The van der Waals surface area contributed by atoms with Gasteiger partial charge in [-0.25, -0.2) is 4.99 Å². The van der Waals surface area contributed by atoms with Crippen molar-refractivity contribution in [2.24, 2.45) is 10.9 Å². The second-order valence-corrected chi connectivity index (χ2v) is 5.55. The molecule has 22 heavy (non-hydrogen) atoms. The van der Waals surface area contributed by atoms with Crippen LogP contribution in [0.15, 0.2) is 4.99 Å². The molecule has 2 N–H and O–H groups in total. The van der Waals surface area contributed by atoms with E-state index in [0.29, 0.717) is 12.5 Å². The fourth-order valence-electron chi connectivity index (χ4n) is 2.64. The molecule has 0 fully saturated rings. The summed E-state index contributed by atoms with van der Waals surface area (Å²) in [6, 6.07) is 0. The monoisotopic (exact) mass is 420 g/mol. The van der Waals surface area contributed by atoms with Crippen LogP contribution in [0.1, 0.15) is 51.7 Å². The van der Waals surface area contributed by atoms with Gasteiger partial charge >= 0.3 is 0 Å². The van der Waals surface area contributed by atoms with Crippen molar-refractivity contribution < 1.29 is 0 Å². The highest BCUT2D eigenvalue weighted by Crippen LogP contribution is 2.14. The molecule has 7 heteroatoms. The average molecular weight is 420 g/mol. The normalized spacial score (nSPS) is 13.9. The van der Waals surface area contributed by atoms with E-state index in [1.165, 1.54) is 19.3 Å². The summed E-state index contributed by atoms with van der Waals surface area (Å²) in [5.74, 6) is 3.66. The van der Waals surface area contributed by atoms with E-state index in [9.17, 15) is 0 Å². The number of halogens is 1. The molecule has 126 valence electrons. The lowest BCUT2D eigenvalue weighted by Crippen LogP contribution is -2.39. The summed E-state index contributed by atoms with van der Waals surface area (Å²) < 4.78 is 2.20. The van der Waals surface area contributed by atoms with E-state index in [0.717, 1.165) is 43.7 Å². The summed E-state index contributed by atoms with van der Waals surface area (Å²) >= 11 is 0. The van der Waals surface area contributed by atoms with Crippen molar-refractivity contribution in [1.82, 2.24) is 25.4 Å². The van der Waals surface area contributed by atoms with Crippen LogP contribution in [0, 0.1) is 5.92 Å². The van der Waals surface area contributed by atoms with E-state index in [-0.39, 0.29) is 24.0 Å². The molecule has 2 rings (SSSR count). The van der Waals surface area contributed by atoms with Crippen molar-refractivity contribution in [2.75, 3.05) is 13.1 Å². The summed E-state index contributed by atoms with van der Waals surface area (Å²) in [6.07, 6.45) is 4.61. The van der Waals surface area contributed by atoms with Crippen LogP contribution in [0.4, 0.5) is 0 Å². The smallest absolute Gasteiger partial charge is 0.191 e. The van der Waals surface area contributed by atoms with E-state index in [4.69, 9.17) is 0 Å². The lowest BCUT2D eigenvalue weighted by molar-refractivity contribution is 0.481. The molecule has 0 aromatic carbocycles. The van der Waals surface area contributed by atoms with Crippen LogP contribution in [0.25, 0.3) is 0 Å². The first-order valence-corrected chi connectivity index (χ1v) is 8.21. The Hall–Kier alpha value is -0.860. The van der Waals surface area contributed by atoms with Crippen molar-refractivity contribution >= 4 is 29.9 Å². The number of guanidine groups is 1. The topological polar surface area (TPSA) is 67.1 Å². The third-order valence-electron chi connectivity index (χ3n) is 4.12. The van der Waals surface area contributed by atoms with Gasteiger partial charge in [-0.05, 0) is 19.3 Å². The summed E-state index contributed by atoms with van der Waals surface area (Å²) in [7, 11) is 0. The molecule has 6 nitrogen and oxygen atoms in total. The standard InChI is InChI=1S/C15H28N6.HI/c1-4-12(5-2)10-17-15(16-6-3)18-11-14-20-19-13-8-7-9-21(13)14;/h12H,4-11H2,1-3H3,(H2,16,17,18);1H. The van der Waals surface area contributed by atoms with Crippen LogP contribution in [-0.4, -0.2) is 33.8 Å². The van der Waals surface area contributed by atoms with Crippen LogP contribution < -0.4 is 10.6 Å². The summed E-state index contributed by atoms with van der Waals surface area (Å²) in [5.41, 5.74) is 0. The number of nitrogens with zero attached hydrogens (tertiary/aromatic N) is 4. The average Bonchev–Trinajstić information content (AvgIpc) is 3.09. The Morgan fingerprint density at radius 1 is 1.23 bits per heavy atom. The SMILES string of the molecule is CCNC(=NCc1nnc2n1CCC2)NCC(CC)CC.I. The van der Waals surface area contributed by atoms with Gasteiger partial charge in [0.25, 0.3) is 0 Å². The highest BCUT2D eigenvalue weighted by molar-refractivity contribution is 14.0. The van der Waals surface area contributed by atoms with Gasteiger partial charge < -0.3 is 15.2 Å². The molecule has 0 atom stereocenters. The Balaban J connectivity index is 0.00000242. The Morgan fingerprint density at radius 2 is 2.00 bits per heavy atom. The molecule has 0 unspecified atom stereocenters. The van der Waals surface area contributed by atoms with Crippen LogP contribution in [0.2, 0.25) is 0 Å². The molecule has 0 amide bonds. The molecule has 0 saturated carbocycles. The molecular formula is C15H29IN6. The van der Waals surface area contributed by atoms with Crippen molar-refractivity contribution in [2.45, 2.75) is 59.5 Å². The number of aryl methyl sites for hydroxylation is 1. The zero-order chi connectivity index (χ0) is 15.1. The maximum absolute atomic E-state index is 4.65. The zero-order valence-corrected chi connectivity index (χ0v) is 16.3. The van der Waals surface area contributed by atoms with Crippen molar-refractivity contribution in [3.8, 4) is 0 Å². The molecule has 0 aliphatic carbocycles. The van der Waals surface area contributed by atoms with Gasteiger partial charge in [0.05, 0.1) is 0 Å². The first-order valence-electron chi connectivity index (χ1n) is 8.21. The number of fused-ring (bicyclic) bond motifs is 1.